The second kappa shape index (κ2) is 5.37. The van der Waals surface area contributed by atoms with Gasteiger partial charge in [0.25, 0.3) is 5.91 Å². The highest BCUT2D eigenvalue weighted by Crippen LogP contribution is 2.23. The Morgan fingerprint density at radius 2 is 1.94 bits per heavy atom. The molecule has 18 heavy (non-hydrogen) atoms. The summed E-state index contributed by atoms with van der Waals surface area (Å²) in [5, 5.41) is 11.9. The normalized spacial score (nSPS) is 19.2. The molecule has 3 amide bonds. The van der Waals surface area contributed by atoms with E-state index in [1.165, 1.54) is 0 Å². The summed E-state index contributed by atoms with van der Waals surface area (Å²) in [6.07, 6.45) is 0.381. The van der Waals surface area contributed by atoms with Gasteiger partial charge in [-0.05, 0) is 24.1 Å². The Hall–Kier alpha value is -1.59. The van der Waals surface area contributed by atoms with Gasteiger partial charge in [0.05, 0.1) is 0 Å². The molecule has 1 saturated heterocycles. The summed E-state index contributed by atoms with van der Waals surface area (Å²) in [7, 11) is 0. The second-order valence-electron chi connectivity index (χ2n) is 4.00. The summed E-state index contributed by atoms with van der Waals surface area (Å²) in [5.41, 5.74) is 0.698. The first-order chi connectivity index (χ1) is 8.63. The lowest BCUT2D eigenvalue weighted by Gasteiger charge is -2.12. The van der Waals surface area contributed by atoms with Gasteiger partial charge in [-0.15, -0.1) is 0 Å². The summed E-state index contributed by atoms with van der Waals surface area (Å²) < 4.78 is 0. The van der Waals surface area contributed by atoms with Gasteiger partial charge in [0.1, 0.15) is 6.04 Å². The van der Waals surface area contributed by atoms with Gasteiger partial charge in [-0.3, -0.25) is 9.69 Å². The van der Waals surface area contributed by atoms with Crippen LogP contribution < -0.4 is 5.32 Å². The maximum Gasteiger partial charge on any atom is 0.325 e. The fourth-order valence-corrected chi connectivity index (χ4v) is 1.97. The Kier molecular flexibility index (Phi) is 3.84. The van der Waals surface area contributed by atoms with Crippen LogP contribution in [0.1, 0.15) is 18.0 Å². The number of carbonyl (C=O) groups is 2. The lowest BCUT2D eigenvalue weighted by atomic mass is 10.1. The minimum absolute atomic E-state index is 0.0529. The quantitative estimate of drug-likeness (QED) is 0.809. The number of urea groups is 1. The number of aliphatic hydroxyl groups excluding tert-OH is 1. The molecule has 0 radical (unpaired) electrons. The Morgan fingerprint density at radius 1 is 1.28 bits per heavy atom. The molecule has 6 heteroatoms. The van der Waals surface area contributed by atoms with Crippen molar-refractivity contribution in [3.05, 3.63) is 34.9 Å². The molecule has 0 aliphatic carbocycles. The van der Waals surface area contributed by atoms with E-state index in [1.807, 2.05) is 0 Å². The van der Waals surface area contributed by atoms with Gasteiger partial charge in [0, 0.05) is 18.2 Å². The lowest BCUT2D eigenvalue weighted by Crippen LogP contribution is -2.32. The predicted octanol–water partition coefficient (Wildman–Crippen LogP) is 1.32. The fourth-order valence-electron chi connectivity index (χ4n) is 1.84. The van der Waals surface area contributed by atoms with Gasteiger partial charge in [-0.25, -0.2) is 4.79 Å². The van der Waals surface area contributed by atoms with Crippen molar-refractivity contribution >= 4 is 23.5 Å². The van der Waals surface area contributed by atoms with E-state index >= 15 is 0 Å². The molecule has 5 nitrogen and oxygen atoms in total. The highest BCUT2D eigenvalue weighted by atomic mass is 35.5. The van der Waals surface area contributed by atoms with E-state index in [9.17, 15) is 9.59 Å². The molecule has 1 aliphatic rings. The van der Waals surface area contributed by atoms with Crippen LogP contribution in [0.5, 0.6) is 0 Å². The van der Waals surface area contributed by atoms with Crippen molar-refractivity contribution in [1.29, 1.82) is 0 Å². The lowest BCUT2D eigenvalue weighted by molar-refractivity contribution is -0.127. The molecular formula is C12H13ClN2O3. The minimum atomic E-state index is -0.659. The van der Waals surface area contributed by atoms with E-state index < -0.39 is 12.1 Å². The van der Waals surface area contributed by atoms with Crippen LogP contribution >= 0.6 is 11.6 Å². The first kappa shape index (κ1) is 12.9. The van der Waals surface area contributed by atoms with E-state index in [0.29, 0.717) is 17.0 Å². The number of hydrogen-bond acceptors (Lipinski definition) is 3. The summed E-state index contributed by atoms with van der Waals surface area (Å²) in [6.45, 7) is 0.175. The molecule has 1 atom stereocenters. The Labute approximate surface area is 109 Å². The third kappa shape index (κ3) is 2.47. The van der Waals surface area contributed by atoms with Crippen LogP contribution in [-0.2, 0) is 4.79 Å². The van der Waals surface area contributed by atoms with E-state index in [2.05, 4.69) is 5.32 Å². The molecule has 1 fully saturated rings. The van der Waals surface area contributed by atoms with Crippen molar-refractivity contribution in [3.8, 4) is 0 Å². The number of amides is 3. The number of hydrogen-bond donors (Lipinski definition) is 2. The largest absolute Gasteiger partial charge is 0.396 e. The zero-order chi connectivity index (χ0) is 13.1. The van der Waals surface area contributed by atoms with Crippen LogP contribution in [0.2, 0.25) is 5.02 Å². The van der Waals surface area contributed by atoms with Gasteiger partial charge in [0.2, 0.25) is 0 Å². The van der Waals surface area contributed by atoms with Crippen LogP contribution in [0.15, 0.2) is 24.3 Å². The van der Waals surface area contributed by atoms with E-state index in [4.69, 9.17) is 16.7 Å². The van der Waals surface area contributed by atoms with Gasteiger partial charge < -0.3 is 10.4 Å². The number of aliphatic hydroxyl groups is 1. The molecule has 0 saturated carbocycles. The number of imide groups is 1. The molecule has 2 rings (SSSR count). The molecular weight excluding hydrogens is 256 g/mol. The standard InChI is InChI=1S/C12H13ClN2O3/c13-9-4-2-8(3-5-9)10-11(17)15(6-1-7-16)12(18)14-10/h2-5,10,16H,1,6-7H2,(H,14,18). The maximum absolute atomic E-state index is 12.0. The number of nitrogens with one attached hydrogen (secondary N) is 1. The highest BCUT2D eigenvalue weighted by molar-refractivity contribution is 6.30. The Morgan fingerprint density at radius 3 is 2.56 bits per heavy atom. The molecule has 2 N–H and O–H groups in total. The first-order valence-corrected chi connectivity index (χ1v) is 5.99. The highest BCUT2D eigenvalue weighted by Gasteiger charge is 2.38. The van der Waals surface area contributed by atoms with Gasteiger partial charge in [0.15, 0.2) is 0 Å². The number of nitrogens with zero attached hydrogens (tertiary/aromatic N) is 1. The first-order valence-electron chi connectivity index (χ1n) is 5.61. The summed E-state index contributed by atoms with van der Waals surface area (Å²) >= 11 is 5.77. The van der Waals surface area contributed by atoms with Crippen molar-refractivity contribution < 1.29 is 14.7 Å². The van der Waals surface area contributed by atoms with Crippen molar-refractivity contribution in [3.63, 3.8) is 0 Å². The van der Waals surface area contributed by atoms with Crippen LogP contribution in [0.25, 0.3) is 0 Å². The molecule has 96 valence electrons. The van der Waals surface area contributed by atoms with E-state index in [1.54, 1.807) is 24.3 Å². The van der Waals surface area contributed by atoms with Crippen molar-refractivity contribution in [2.75, 3.05) is 13.2 Å². The van der Waals surface area contributed by atoms with E-state index in [0.717, 1.165) is 4.90 Å². The molecule has 1 aromatic carbocycles. The number of benzene rings is 1. The van der Waals surface area contributed by atoms with Gasteiger partial charge in [-0.2, -0.15) is 0 Å². The average molecular weight is 269 g/mol. The number of carbonyl (C=O) groups excluding carboxylic acids is 2. The van der Waals surface area contributed by atoms with E-state index in [-0.39, 0.29) is 19.1 Å². The minimum Gasteiger partial charge on any atom is -0.396 e. The predicted molar refractivity (Wildman–Crippen MR) is 66.1 cm³/mol. The molecule has 1 unspecified atom stereocenters. The molecule has 1 aliphatic heterocycles. The van der Waals surface area contributed by atoms with Crippen LogP contribution in [-0.4, -0.2) is 35.1 Å². The maximum atomic E-state index is 12.0. The molecule has 0 bridgehead atoms. The fraction of sp³-hybridized carbons (Fsp3) is 0.333. The SMILES string of the molecule is O=C1NC(c2ccc(Cl)cc2)C(=O)N1CCCO. The second-order valence-corrected chi connectivity index (χ2v) is 4.44. The molecule has 0 spiro atoms. The summed E-state index contributed by atoms with van der Waals surface area (Å²) in [6, 6.07) is 5.68. The molecule has 1 heterocycles. The molecule has 0 aromatic heterocycles. The zero-order valence-corrected chi connectivity index (χ0v) is 10.4. The number of halogens is 1. The van der Waals surface area contributed by atoms with Crippen LogP contribution in [0.3, 0.4) is 0 Å². The Balaban J connectivity index is 2.14. The Bertz CT molecular complexity index is 461. The van der Waals surface area contributed by atoms with Gasteiger partial charge in [-0.1, -0.05) is 23.7 Å². The van der Waals surface area contributed by atoms with Gasteiger partial charge >= 0.3 is 6.03 Å². The zero-order valence-electron chi connectivity index (χ0n) is 9.60. The third-order valence-electron chi connectivity index (χ3n) is 2.77. The molecule has 1 aromatic rings. The van der Waals surface area contributed by atoms with Crippen molar-refractivity contribution in [1.82, 2.24) is 10.2 Å². The van der Waals surface area contributed by atoms with Crippen LogP contribution in [0, 0.1) is 0 Å². The smallest absolute Gasteiger partial charge is 0.325 e. The monoisotopic (exact) mass is 268 g/mol. The average Bonchev–Trinajstić information content (AvgIpc) is 2.64. The third-order valence-corrected chi connectivity index (χ3v) is 3.02. The van der Waals surface area contributed by atoms with Crippen molar-refractivity contribution in [2.45, 2.75) is 12.5 Å². The van der Waals surface area contributed by atoms with Crippen molar-refractivity contribution in [2.24, 2.45) is 0 Å². The topological polar surface area (TPSA) is 69.6 Å². The summed E-state index contributed by atoms with van der Waals surface area (Å²) in [4.78, 5) is 24.8. The van der Waals surface area contributed by atoms with Crippen LogP contribution in [0.4, 0.5) is 4.79 Å². The number of rotatable bonds is 4. The summed E-state index contributed by atoms with van der Waals surface area (Å²) in [5.74, 6) is -0.296.